The van der Waals surface area contributed by atoms with Crippen LogP contribution in [0.25, 0.3) is 0 Å². The molecule has 0 atom stereocenters. The molecular weight excluding hydrogens is 420 g/mol. The molecule has 1 aliphatic heterocycles. The van der Waals surface area contributed by atoms with Crippen molar-refractivity contribution < 1.29 is 27.5 Å². The Labute approximate surface area is 184 Å². The molecule has 31 heavy (non-hydrogen) atoms. The van der Waals surface area contributed by atoms with E-state index in [2.05, 4.69) is 0 Å². The second-order valence-corrected chi connectivity index (χ2v) is 10.2. The molecule has 2 fully saturated rings. The van der Waals surface area contributed by atoms with Gasteiger partial charge in [-0.2, -0.15) is 4.31 Å². The zero-order valence-corrected chi connectivity index (χ0v) is 19.1. The van der Waals surface area contributed by atoms with Gasteiger partial charge >= 0.3 is 5.97 Å². The second kappa shape index (κ2) is 10.5. The number of amides is 1. The van der Waals surface area contributed by atoms with E-state index in [1.54, 1.807) is 24.1 Å². The summed E-state index contributed by atoms with van der Waals surface area (Å²) in [4.78, 5) is 26.7. The van der Waals surface area contributed by atoms with Gasteiger partial charge in [-0.15, -0.1) is 0 Å². The minimum atomic E-state index is -3.62. The number of rotatable bonds is 7. The number of hydrogen-bond donors (Lipinski definition) is 0. The smallest absolute Gasteiger partial charge is 0.309 e. The Morgan fingerprint density at radius 2 is 1.65 bits per heavy atom. The molecule has 2 aliphatic rings. The highest BCUT2D eigenvalue weighted by molar-refractivity contribution is 7.89. The quantitative estimate of drug-likeness (QED) is 0.590. The molecule has 1 aliphatic carbocycles. The maximum atomic E-state index is 12.8. The fourth-order valence-corrected chi connectivity index (χ4v) is 5.72. The van der Waals surface area contributed by atoms with Crippen LogP contribution in [0.15, 0.2) is 29.2 Å². The van der Waals surface area contributed by atoms with Gasteiger partial charge in [0.1, 0.15) is 5.75 Å². The van der Waals surface area contributed by atoms with Crippen LogP contribution in [0.1, 0.15) is 44.9 Å². The normalized spacial score (nSPS) is 19.0. The maximum absolute atomic E-state index is 12.8. The molecule has 0 spiro atoms. The van der Waals surface area contributed by atoms with Gasteiger partial charge in [0.05, 0.1) is 17.9 Å². The number of esters is 1. The summed E-state index contributed by atoms with van der Waals surface area (Å²) in [5.74, 6) is -0.411. The minimum Gasteiger partial charge on any atom is -0.497 e. The lowest BCUT2D eigenvalue weighted by Gasteiger charge is -2.32. The first-order valence-electron chi connectivity index (χ1n) is 10.9. The molecule has 172 valence electrons. The van der Waals surface area contributed by atoms with Crippen molar-refractivity contribution in [3.8, 4) is 5.75 Å². The van der Waals surface area contributed by atoms with E-state index in [0.29, 0.717) is 18.6 Å². The molecule has 1 aromatic rings. The summed E-state index contributed by atoms with van der Waals surface area (Å²) in [6.07, 6.45) is 6.21. The first-order chi connectivity index (χ1) is 14.8. The number of benzene rings is 1. The summed E-state index contributed by atoms with van der Waals surface area (Å²) < 4.78 is 37.4. The van der Waals surface area contributed by atoms with E-state index in [1.807, 2.05) is 0 Å². The SMILES string of the molecule is COc1ccc(S(=O)(=O)N2CCC(C(=O)OCC(=O)N(C)C3CCCCC3)CC2)cc1. The average Bonchev–Trinajstić information content (AvgIpc) is 2.82. The second-order valence-electron chi connectivity index (χ2n) is 8.26. The Kier molecular flexibility index (Phi) is 7.94. The Morgan fingerprint density at radius 1 is 1.03 bits per heavy atom. The van der Waals surface area contributed by atoms with Crippen LogP contribution < -0.4 is 4.74 Å². The molecule has 1 saturated carbocycles. The summed E-state index contributed by atoms with van der Waals surface area (Å²) in [7, 11) is -0.325. The third kappa shape index (κ3) is 5.77. The molecule has 0 aromatic heterocycles. The number of carbonyl (C=O) groups is 2. The van der Waals surface area contributed by atoms with E-state index in [4.69, 9.17) is 9.47 Å². The highest BCUT2D eigenvalue weighted by Crippen LogP contribution is 2.26. The van der Waals surface area contributed by atoms with Crippen molar-refractivity contribution >= 4 is 21.9 Å². The van der Waals surface area contributed by atoms with Crippen LogP contribution in [0.2, 0.25) is 0 Å². The topological polar surface area (TPSA) is 93.2 Å². The fraction of sp³-hybridized carbons (Fsp3) is 0.636. The first kappa shape index (κ1) is 23.5. The molecular formula is C22H32N2O6S. The van der Waals surface area contributed by atoms with Crippen LogP contribution >= 0.6 is 0 Å². The number of methoxy groups -OCH3 is 1. The van der Waals surface area contributed by atoms with Crippen molar-refractivity contribution in [2.45, 2.75) is 55.9 Å². The van der Waals surface area contributed by atoms with Crippen molar-refractivity contribution in [3.63, 3.8) is 0 Å². The van der Waals surface area contributed by atoms with Crippen LogP contribution in [0.3, 0.4) is 0 Å². The van der Waals surface area contributed by atoms with Gasteiger partial charge in [0.2, 0.25) is 10.0 Å². The Bertz CT molecular complexity index is 856. The maximum Gasteiger partial charge on any atom is 0.309 e. The van der Waals surface area contributed by atoms with Crippen molar-refractivity contribution in [2.75, 3.05) is 33.9 Å². The number of piperidine rings is 1. The molecule has 1 saturated heterocycles. The average molecular weight is 453 g/mol. The third-order valence-corrected chi connectivity index (χ3v) is 8.25. The zero-order valence-electron chi connectivity index (χ0n) is 18.3. The fourth-order valence-electron chi connectivity index (χ4n) is 4.25. The van der Waals surface area contributed by atoms with Crippen LogP contribution in [-0.2, 0) is 24.3 Å². The number of carbonyl (C=O) groups excluding carboxylic acids is 2. The lowest BCUT2D eigenvalue weighted by Crippen LogP contribution is -2.42. The third-order valence-electron chi connectivity index (χ3n) is 6.34. The molecule has 0 unspecified atom stereocenters. The number of likely N-dealkylation sites (N-methyl/N-ethyl adjacent to an activating group) is 1. The first-order valence-corrected chi connectivity index (χ1v) is 12.3. The monoisotopic (exact) mass is 452 g/mol. The summed E-state index contributed by atoms with van der Waals surface area (Å²) in [6, 6.07) is 6.48. The Morgan fingerprint density at radius 3 is 2.23 bits per heavy atom. The molecule has 8 nitrogen and oxygen atoms in total. The molecule has 1 amide bonds. The van der Waals surface area contributed by atoms with Gasteiger partial charge in [0, 0.05) is 26.2 Å². The van der Waals surface area contributed by atoms with Gasteiger partial charge in [0.15, 0.2) is 6.61 Å². The van der Waals surface area contributed by atoms with E-state index >= 15 is 0 Å². The predicted molar refractivity (Wildman–Crippen MR) is 115 cm³/mol. The van der Waals surface area contributed by atoms with Gasteiger partial charge in [-0.25, -0.2) is 8.42 Å². The molecule has 0 N–H and O–H groups in total. The number of ether oxygens (including phenoxy) is 2. The zero-order chi connectivity index (χ0) is 22.4. The van der Waals surface area contributed by atoms with Crippen molar-refractivity contribution in [1.82, 2.24) is 9.21 Å². The van der Waals surface area contributed by atoms with Crippen LogP contribution in [-0.4, -0.2) is 69.4 Å². The van der Waals surface area contributed by atoms with Gasteiger partial charge in [-0.1, -0.05) is 19.3 Å². The summed E-state index contributed by atoms with van der Waals surface area (Å²) >= 11 is 0. The summed E-state index contributed by atoms with van der Waals surface area (Å²) in [5.41, 5.74) is 0. The molecule has 0 radical (unpaired) electrons. The van der Waals surface area contributed by atoms with Crippen molar-refractivity contribution in [2.24, 2.45) is 5.92 Å². The van der Waals surface area contributed by atoms with E-state index in [-0.39, 0.29) is 36.5 Å². The molecule has 1 aromatic carbocycles. The molecule has 1 heterocycles. The molecule has 0 bridgehead atoms. The van der Waals surface area contributed by atoms with E-state index in [1.165, 1.54) is 30.0 Å². The van der Waals surface area contributed by atoms with Crippen molar-refractivity contribution in [3.05, 3.63) is 24.3 Å². The van der Waals surface area contributed by atoms with Crippen LogP contribution in [0.5, 0.6) is 5.75 Å². The van der Waals surface area contributed by atoms with Gasteiger partial charge in [-0.05, 0) is 49.9 Å². The largest absolute Gasteiger partial charge is 0.497 e. The highest BCUT2D eigenvalue weighted by Gasteiger charge is 2.33. The lowest BCUT2D eigenvalue weighted by molar-refractivity contribution is -0.157. The number of sulfonamides is 1. The molecule has 3 rings (SSSR count). The summed E-state index contributed by atoms with van der Waals surface area (Å²) in [6.45, 7) is 0.226. The standard InChI is InChI=1S/C22H32N2O6S/c1-23(18-6-4-3-5-7-18)21(25)16-30-22(26)17-12-14-24(15-13-17)31(27,28)20-10-8-19(29-2)9-11-20/h8-11,17-18H,3-7,12-16H2,1-2H3. The Hall–Kier alpha value is -2.13. The van der Waals surface area contributed by atoms with Crippen LogP contribution in [0, 0.1) is 5.92 Å². The number of hydrogen-bond acceptors (Lipinski definition) is 6. The van der Waals surface area contributed by atoms with E-state index < -0.39 is 21.9 Å². The molecule has 9 heteroatoms. The van der Waals surface area contributed by atoms with Crippen LogP contribution in [0.4, 0.5) is 0 Å². The number of nitrogens with zero attached hydrogens (tertiary/aromatic N) is 2. The predicted octanol–water partition coefficient (Wildman–Crippen LogP) is 2.43. The lowest BCUT2D eigenvalue weighted by atomic mass is 9.94. The highest BCUT2D eigenvalue weighted by atomic mass is 32.2. The van der Waals surface area contributed by atoms with E-state index in [9.17, 15) is 18.0 Å². The van der Waals surface area contributed by atoms with Gasteiger partial charge in [-0.3, -0.25) is 9.59 Å². The van der Waals surface area contributed by atoms with E-state index in [0.717, 1.165) is 25.7 Å². The Balaban J connectivity index is 1.47. The van der Waals surface area contributed by atoms with Gasteiger partial charge < -0.3 is 14.4 Å². The minimum absolute atomic E-state index is 0.181. The van der Waals surface area contributed by atoms with Crippen molar-refractivity contribution in [1.29, 1.82) is 0 Å². The van der Waals surface area contributed by atoms with Gasteiger partial charge in [0.25, 0.3) is 5.91 Å². The summed E-state index contributed by atoms with van der Waals surface area (Å²) in [5, 5.41) is 0.